The molecule has 0 aromatic heterocycles. The molecule has 1 saturated heterocycles. The van der Waals surface area contributed by atoms with Crippen LogP contribution in [0.5, 0.6) is 5.75 Å². The number of nitrogens with zero attached hydrogens (tertiary/aromatic N) is 1. The van der Waals surface area contributed by atoms with Crippen LogP contribution in [0.25, 0.3) is 0 Å². The molecule has 1 fully saturated rings. The van der Waals surface area contributed by atoms with Crippen LogP contribution in [0, 0.1) is 0 Å². The Morgan fingerprint density at radius 3 is 2.78 bits per heavy atom. The number of piperidine rings is 1. The molecular weight excluding hydrogens is 226 g/mol. The molecule has 18 heavy (non-hydrogen) atoms. The largest absolute Gasteiger partial charge is 0.497 e. The maximum Gasteiger partial charge on any atom is 0.119 e. The third kappa shape index (κ3) is 3.72. The van der Waals surface area contributed by atoms with Gasteiger partial charge in [-0.25, -0.2) is 0 Å². The minimum Gasteiger partial charge on any atom is -0.497 e. The Morgan fingerprint density at radius 1 is 1.28 bits per heavy atom. The van der Waals surface area contributed by atoms with Gasteiger partial charge in [-0.3, -0.25) is 0 Å². The zero-order chi connectivity index (χ0) is 12.8. The molecule has 3 heteroatoms. The lowest BCUT2D eigenvalue weighted by molar-refractivity contribution is 0.133. The number of aliphatic hydroxyl groups excluding tert-OH is 1. The van der Waals surface area contributed by atoms with Gasteiger partial charge in [0, 0.05) is 6.54 Å². The Bertz CT molecular complexity index is 361. The van der Waals surface area contributed by atoms with Gasteiger partial charge in [0.1, 0.15) is 5.75 Å². The highest BCUT2D eigenvalue weighted by Gasteiger charge is 2.13. The van der Waals surface area contributed by atoms with E-state index in [4.69, 9.17) is 4.74 Å². The van der Waals surface area contributed by atoms with E-state index in [9.17, 15) is 5.11 Å². The highest BCUT2D eigenvalue weighted by molar-refractivity contribution is 5.29. The van der Waals surface area contributed by atoms with Gasteiger partial charge < -0.3 is 14.7 Å². The van der Waals surface area contributed by atoms with Crippen LogP contribution < -0.4 is 4.74 Å². The Morgan fingerprint density at radius 2 is 2.06 bits per heavy atom. The molecule has 1 aromatic carbocycles. The summed E-state index contributed by atoms with van der Waals surface area (Å²) in [5.41, 5.74) is 0.950. The predicted molar refractivity (Wildman–Crippen MR) is 72.9 cm³/mol. The van der Waals surface area contributed by atoms with Gasteiger partial charge in [0.05, 0.1) is 13.2 Å². The first-order valence-corrected chi connectivity index (χ1v) is 6.84. The minimum atomic E-state index is -0.387. The number of hydrogen-bond acceptors (Lipinski definition) is 3. The van der Waals surface area contributed by atoms with Crippen LogP contribution in [0.1, 0.15) is 37.4 Å². The summed E-state index contributed by atoms with van der Waals surface area (Å²) in [4.78, 5) is 2.45. The first-order chi connectivity index (χ1) is 8.79. The molecule has 0 aliphatic carbocycles. The summed E-state index contributed by atoms with van der Waals surface area (Å²) >= 11 is 0. The van der Waals surface area contributed by atoms with E-state index < -0.39 is 0 Å². The first-order valence-electron chi connectivity index (χ1n) is 6.84. The van der Waals surface area contributed by atoms with Crippen molar-refractivity contribution in [2.75, 3.05) is 26.7 Å². The van der Waals surface area contributed by atoms with Gasteiger partial charge in [0.25, 0.3) is 0 Å². The summed E-state index contributed by atoms with van der Waals surface area (Å²) in [5.74, 6) is 0.810. The lowest BCUT2D eigenvalue weighted by atomic mass is 10.0. The molecule has 1 N–H and O–H groups in total. The summed E-state index contributed by atoms with van der Waals surface area (Å²) in [6.45, 7) is 3.36. The monoisotopic (exact) mass is 249 g/mol. The average Bonchev–Trinajstić information content (AvgIpc) is 2.46. The molecule has 0 spiro atoms. The molecule has 100 valence electrons. The van der Waals surface area contributed by atoms with Crippen molar-refractivity contribution in [2.45, 2.75) is 31.8 Å². The normalized spacial score (nSPS) is 18.6. The van der Waals surface area contributed by atoms with E-state index in [1.54, 1.807) is 7.11 Å². The number of aliphatic hydroxyl groups is 1. The number of methoxy groups -OCH3 is 1. The van der Waals surface area contributed by atoms with Crippen LogP contribution in [0.4, 0.5) is 0 Å². The zero-order valence-corrected chi connectivity index (χ0v) is 11.1. The smallest absolute Gasteiger partial charge is 0.119 e. The summed E-state index contributed by atoms with van der Waals surface area (Å²) in [7, 11) is 1.65. The molecule has 0 bridgehead atoms. The highest BCUT2D eigenvalue weighted by Crippen LogP contribution is 2.22. The lowest BCUT2D eigenvalue weighted by Crippen LogP contribution is -2.31. The van der Waals surface area contributed by atoms with Gasteiger partial charge >= 0.3 is 0 Å². The second-order valence-corrected chi connectivity index (χ2v) is 4.98. The fourth-order valence-corrected chi connectivity index (χ4v) is 2.50. The standard InChI is InChI=1S/C15H23NO2/c1-18-14-7-5-6-13(12-14)15(17)8-11-16-9-3-2-4-10-16/h5-7,12,15,17H,2-4,8-11H2,1H3. The molecule has 0 saturated carbocycles. The van der Waals surface area contributed by atoms with E-state index in [-0.39, 0.29) is 6.10 Å². The predicted octanol–water partition coefficient (Wildman–Crippen LogP) is 2.60. The van der Waals surface area contributed by atoms with Crippen LogP contribution in [0.15, 0.2) is 24.3 Å². The number of benzene rings is 1. The van der Waals surface area contributed by atoms with Gasteiger partial charge in [-0.2, -0.15) is 0 Å². The van der Waals surface area contributed by atoms with Crippen molar-refractivity contribution in [3.63, 3.8) is 0 Å². The summed E-state index contributed by atoms with van der Waals surface area (Å²) < 4.78 is 5.18. The third-order valence-corrected chi connectivity index (χ3v) is 3.65. The van der Waals surface area contributed by atoms with Gasteiger partial charge in [-0.1, -0.05) is 18.6 Å². The fraction of sp³-hybridized carbons (Fsp3) is 0.600. The summed E-state index contributed by atoms with van der Waals surface area (Å²) in [6.07, 6.45) is 4.37. The number of ether oxygens (including phenoxy) is 1. The van der Waals surface area contributed by atoms with Gasteiger partial charge in [0.15, 0.2) is 0 Å². The Kier molecular flexibility index (Phi) is 5.02. The summed E-state index contributed by atoms with van der Waals surface area (Å²) in [6, 6.07) is 7.71. The molecule has 1 aliphatic heterocycles. The molecule has 1 heterocycles. The van der Waals surface area contributed by atoms with Crippen molar-refractivity contribution < 1.29 is 9.84 Å². The van der Waals surface area contributed by atoms with Crippen molar-refractivity contribution in [3.8, 4) is 5.75 Å². The molecule has 1 aromatic rings. The van der Waals surface area contributed by atoms with Crippen molar-refractivity contribution >= 4 is 0 Å². The molecule has 3 nitrogen and oxygen atoms in total. The second kappa shape index (κ2) is 6.76. The van der Waals surface area contributed by atoms with Crippen LogP contribution >= 0.6 is 0 Å². The van der Waals surface area contributed by atoms with Crippen LogP contribution in [0.2, 0.25) is 0 Å². The van der Waals surface area contributed by atoms with Gasteiger partial charge in [0.2, 0.25) is 0 Å². The number of hydrogen-bond donors (Lipinski definition) is 1. The molecule has 1 atom stereocenters. The SMILES string of the molecule is COc1cccc(C(O)CCN2CCCCC2)c1. The molecule has 1 aliphatic rings. The Balaban J connectivity index is 1.84. The van der Waals surface area contributed by atoms with E-state index >= 15 is 0 Å². The summed E-state index contributed by atoms with van der Waals surface area (Å²) in [5, 5.41) is 10.2. The molecular formula is C15H23NO2. The first kappa shape index (κ1) is 13.4. The number of likely N-dealkylation sites (tertiary alicyclic amines) is 1. The molecule has 0 radical (unpaired) electrons. The van der Waals surface area contributed by atoms with Crippen LogP contribution in [-0.4, -0.2) is 36.8 Å². The second-order valence-electron chi connectivity index (χ2n) is 4.98. The van der Waals surface area contributed by atoms with Crippen LogP contribution in [-0.2, 0) is 0 Å². The quantitative estimate of drug-likeness (QED) is 0.870. The Hall–Kier alpha value is -1.06. The molecule has 2 rings (SSSR count). The van der Waals surface area contributed by atoms with Gasteiger partial charge in [-0.05, 0) is 50.0 Å². The molecule has 1 unspecified atom stereocenters. The van der Waals surface area contributed by atoms with Crippen molar-refractivity contribution in [1.82, 2.24) is 4.90 Å². The molecule has 0 amide bonds. The van der Waals surface area contributed by atoms with E-state index in [1.807, 2.05) is 24.3 Å². The van der Waals surface area contributed by atoms with Crippen molar-refractivity contribution in [3.05, 3.63) is 29.8 Å². The van der Waals surface area contributed by atoms with E-state index in [1.165, 1.54) is 32.4 Å². The van der Waals surface area contributed by atoms with Crippen molar-refractivity contribution in [2.24, 2.45) is 0 Å². The topological polar surface area (TPSA) is 32.7 Å². The Labute approximate surface area is 109 Å². The van der Waals surface area contributed by atoms with E-state index in [0.717, 1.165) is 24.3 Å². The fourth-order valence-electron chi connectivity index (χ4n) is 2.50. The maximum atomic E-state index is 10.2. The van der Waals surface area contributed by atoms with Gasteiger partial charge in [-0.15, -0.1) is 0 Å². The van der Waals surface area contributed by atoms with E-state index in [2.05, 4.69) is 4.90 Å². The highest BCUT2D eigenvalue weighted by atomic mass is 16.5. The average molecular weight is 249 g/mol. The lowest BCUT2D eigenvalue weighted by Gasteiger charge is -2.27. The zero-order valence-electron chi connectivity index (χ0n) is 11.1. The third-order valence-electron chi connectivity index (χ3n) is 3.65. The minimum absolute atomic E-state index is 0.387. The van der Waals surface area contributed by atoms with Crippen LogP contribution in [0.3, 0.4) is 0 Å². The van der Waals surface area contributed by atoms with E-state index in [0.29, 0.717) is 0 Å². The number of rotatable bonds is 5. The maximum absolute atomic E-state index is 10.2. The van der Waals surface area contributed by atoms with Crippen molar-refractivity contribution in [1.29, 1.82) is 0 Å².